The third-order valence-corrected chi connectivity index (χ3v) is 4.19. The SMILES string of the molecule is O=C(CC(=O)OC1CCCCC1O)OC1CCCCC1O. The molecule has 0 aliphatic heterocycles. The van der Waals surface area contributed by atoms with Gasteiger partial charge in [0.05, 0.1) is 12.2 Å². The van der Waals surface area contributed by atoms with Crippen LogP contribution in [0.4, 0.5) is 0 Å². The molecule has 6 heteroatoms. The number of carbonyl (C=O) groups excluding carboxylic acids is 2. The molecule has 2 N–H and O–H groups in total. The maximum absolute atomic E-state index is 11.7. The number of rotatable bonds is 4. The molecule has 4 atom stereocenters. The average Bonchev–Trinajstić information content (AvgIpc) is 2.44. The first-order chi connectivity index (χ1) is 10.1. The lowest BCUT2D eigenvalue weighted by molar-refractivity contribution is -0.169. The maximum atomic E-state index is 11.7. The molecular weight excluding hydrogens is 276 g/mol. The van der Waals surface area contributed by atoms with Gasteiger partial charge in [-0.3, -0.25) is 9.59 Å². The number of esters is 2. The van der Waals surface area contributed by atoms with Gasteiger partial charge >= 0.3 is 11.9 Å². The largest absolute Gasteiger partial charge is 0.459 e. The monoisotopic (exact) mass is 300 g/mol. The molecule has 0 bridgehead atoms. The van der Waals surface area contributed by atoms with Gasteiger partial charge in [0.25, 0.3) is 0 Å². The van der Waals surface area contributed by atoms with E-state index in [-0.39, 0.29) is 0 Å². The van der Waals surface area contributed by atoms with E-state index in [2.05, 4.69) is 0 Å². The number of hydrogen-bond acceptors (Lipinski definition) is 6. The highest BCUT2D eigenvalue weighted by Gasteiger charge is 2.30. The number of carbonyl (C=O) groups is 2. The summed E-state index contributed by atoms with van der Waals surface area (Å²) in [6.07, 6.45) is 3.40. The van der Waals surface area contributed by atoms with Gasteiger partial charge < -0.3 is 19.7 Å². The van der Waals surface area contributed by atoms with Crippen molar-refractivity contribution in [2.45, 2.75) is 82.2 Å². The van der Waals surface area contributed by atoms with Crippen molar-refractivity contribution in [3.05, 3.63) is 0 Å². The Balaban J connectivity index is 1.72. The number of hydrogen-bond donors (Lipinski definition) is 2. The van der Waals surface area contributed by atoms with E-state index < -0.39 is 42.8 Å². The molecule has 21 heavy (non-hydrogen) atoms. The summed E-state index contributed by atoms with van der Waals surface area (Å²) in [4.78, 5) is 23.4. The van der Waals surface area contributed by atoms with E-state index in [1.165, 1.54) is 0 Å². The van der Waals surface area contributed by atoms with Crippen molar-refractivity contribution in [2.75, 3.05) is 0 Å². The Labute approximate surface area is 124 Å². The van der Waals surface area contributed by atoms with E-state index in [0.717, 1.165) is 25.7 Å². The van der Waals surface area contributed by atoms with E-state index in [1.54, 1.807) is 0 Å². The van der Waals surface area contributed by atoms with Gasteiger partial charge in [-0.05, 0) is 38.5 Å². The predicted octanol–water partition coefficient (Wildman–Crippen LogP) is 1.07. The fourth-order valence-electron chi connectivity index (χ4n) is 2.97. The highest BCUT2D eigenvalue weighted by molar-refractivity contribution is 5.91. The second-order valence-corrected chi connectivity index (χ2v) is 5.94. The third kappa shape index (κ3) is 4.97. The molecule has 0 radical (unpaired) electrons. The van der Waals surface area contributed by atoms with E-state index >= 15 is 0 Å². The normalized spacial score (nSPS) is 33.2. The van der Waals surface area contributed by atoms with Gasteiger partial charge in [-0.2, -0.15) is 0 Å². The van der Waals surface area contributed by atoms with Crippen molar-refractivity contribution in [1.29, 1.82) is 0 Å². The molecule has 0 saturated heterocycles. The summed E-state index contributed by atoms with van der Waals surface area (Å²) in [6.45, 7) is 0. The van der Waals surface area contributed by atoms with Crippen LogP contribution in [0, 0.1) is 0 Å². The van der Waals surface area contributed by atoms with Gasteiger partial charge in [-0.15, -0.1) is 0 Å². The number of aliphatic hydroxyl groups excluding tert-OH is 2. The van der Waals surface area contributed by atoms with Crippen LogP contribution in [-0.4, -0.2) is 46.6 Å². The quantitative estimate of drug-likeness (QED) is 0.596. The van der Waals surface area contributed by atoms with Crippen molar-refractivity contribution >= 4 is 11.9 Å². The van der Waals surface area contributed by atoms with Crippen molar-refractivity contribution in [3.63, 3.8) is 0 Å². The van der Waals surface area contributed by atoms with Gasteiger partial charge in [0.2, 0.25) is 0 Å². The fourth-order valence-corrected chi connectivity index (χ4v) is 2.97. The zero-order valence-corrected chi connectivity index (χ0v) is 12.2. The minimum atomic E-state index is -0.670. The highest BCUT2D eigenvalue weighted by Crippen LogP contribution is 2.23. The van der Waals surface area contributed by atoms with Crippen LogP contribution in [0.25, 0.3) is 0 Å². The first kappa shape index (κ1) is 16.2. The van der Waals surface area contributed by atoms with Gasteiger partial charge in [-0.1, -0.05) is 12.8 Å². The minimum absolute atomic E-state index is 0.466. The molecule has 0 amide bonds. The summed E-state index contributed by atoms with van der Waals surface area (Å²) in [5, 5.41) is 19.4. The van der Waals surface area contributed by atoms with Crippen molar-refractivity contribution < 1.29 is 29.3 Å². The third-order valence-electron chi connectivity index (χ3n) is 4.19. The van der Waals surface area contributed by atoms with Crippen molar-refractivity contribution in [3.8, 4) is 0 Å². The molecule has 2 aliphatic rings. The summed E-state index contributed by atoms with van der Waals surface area (Å²) >= 11 is 0. The van der Waals surface area contributed by atoms with Crippen LogP contribution in [0.3, 0.4) is 0 Å². The Hall–Kier alpha value is -1.14. The molecule has 6 nitrogen and oxygen atoms in total. The topological polar surface area (TPSA) is 93.1 Å². The van der Waals surface area contributed by atoms with E-state index in [1.807, 2.05) is 0 Å². The zero-order chi connectivity index (χ0) is 15.2. The summed E-state index contributed by atoms with van der Waals surface area (Å²) in [5.74, 6) is -1.34. The summed E-state index contributed by atoms with van der Waals surface area (Å²) in [6, 6.07) is 0. The Morgan fingerprint density at radius 3 is 1.52 bits per heavy atom. The van der Waals surface area contributed by atoms with Crippen LogP contribution in [-0.2, 0) is 19.1 Å². The van der Waals surface area contributed by atoms with Crippen LogP contribution in [0.5, 0.6) is 0 Å². The lowest BCUT2D eigenvalue weighted by Crippen LogP contribution is -2.36. The molecule has 120 valence electrons. The van der Waals surface area contributed by atoms with Gasteiger partial charge in [0.1, 0.15) is 18.6 Å². The molecule has 4 unspecified atom stereocenters. The van der Waals surface area contributed by atoms with Crippen molar-refractivity contribution in [2.24, 2.45) is 0 Å². The van der Waals surface area contributed by atoms with Crippen LogP contribution < -0.4 is 0 Å². The van der Waals surface area contributed by atoms with Gasteiger partial charge in [0.15, 0.2) is 0 Å². The molecule has 2 rings (SSSR count). The van der Waals surface area contributed by atoms with E-state index in [9.17, 15) is 19.8 Å². The summed E-state index contributed by atoms with van der Waals surface area (Å²) in [5.41, 5.74) is 0. The standard InChI is InChI=1S/C15H24O6/c16-10-5-1-3-7-12(10)20-14(18)9-15(19)21-13-8-4-2-6-11(13)17/h10-13,16-17H,1-9H2. The first-order valence-electron chi connectivity index (χ1n) is 7.81. The first-order valence-corrected chi connectivity index (χ1v) is 7.81. The smallest absolute Gasteiger partial charge is 0.317 e. The Morgan fingerprint density at radius 2 is 1.14 bits per heavy atom. The van der Waals surface area contributed by atoms with Crippen molar-refractivity contribution in [1.82, 2.24) is 0 Å². The minimum Gasteiger partial charge on any atom is -0.459 e. The number of ether oxygens (including phenoxy) is 2. The Bertz CT molecular complexity index is 335. The second-order valence-electron chi connectivity index (χ2n) is 5.94. The van der Waals surface area contributed by atoms with Crippen LogP contribution in [0.2, 0.25) is 0 Å². The molecule has 0 aromatic carbocycles. The molecule has 0 heterocycles. The lowest BCUT2D eigenvalue weighted by Gasteiger charge is -2.28. The molecule has 0 aromatic rings. The second kappa shape index (κ2) is 7.75. The highest BCUT2D eigenvalue weighted by atomic mass is 16.6. The zero-order valence-electron chi connectivity index (χ0n) is 12.2. The maximum Gasteiger partial charge on any atom is 0.317 e. The Kier molecular flexibility index (Phi) is 5.99. The summed E-state index contributed by atoms with van der Waals surface area (Å²) < 4.78 is 10.3. The molecule has 2 saturated carbocycles. The Morgan fingerprint density at radius 1 is 0.762 bits per heavy atom. The van der Waals surface area contributed by atoms with Crippen LogP contribution >= 0.6 is 0 Å². The van der Waals surface area contributed by atoms with E-state index in [4.69, 9.17) is 9.47 Å². The molecule has 0 aromatic heterocycles. The summed E-state index contributed by atoms with van der Waals surface area (Å²) in [7, 11) is 0. The predicted molar refractivity (Wildman–Crippen MR) is 73.3 cm³/mol. The van der Waals surface area contributed by atoms with Crippen LogP contribution in [0.1, 0.15) is 57.8 Å². The molecule has 2 fully saturated rings. The van der Waals surface area contributed by atoms with Gasteiger partial charge in [-0.25, -0.2) is 0 Å². The average molecular weight is 300 g/mol. The molecule has 2 aliphatic carbocycles. The van der Waals surface area contributed by atoms with Gasteiger partial charge in [0, 0.05) is 0 Å². The van der Waals surface area contributed by atoms with E-state index in [0.29, 0.717) is 25.7 Å². The molecule has 0 spiro atoms. The fraction of sp³-hybridized carbons (Fsp3) is 0.867. The molecular formula is C15H24O6. The lowest BCUT2D eigenvalue weighted by atomic mass is 9.95. The number of aliphatic hydroxyl groups is 2. The van der Waals surface area contributed by atoms with Crippen LogP contribution in [0.15, 0.2) is 0 Å².